The maximum atomic E-state index is 10.3. The SMILES string of the molecule is CCCCCCCCCCC(C)(O)CC(OC)OC. The molecule has 1 unspecified atom stereocenters. The summed E-state index contributed by atoms with van der Waals surface area (Å²) in [5, 5.41) is 10.3. The zero-order valence-corrected chi connectivity index (χ0v) is 13.4. The normalized spacial score (nSPS) is 14.8. The zero-order valence-electron chi connectivity index (χ0n) is 13.4. The third-order valence-electron chi connectivity index (χ3n) is 3.70. The number of hydrogen-bond donors (Lipinski definition) is 1. The summed E-state index contributed by atoms with van der Waals surface area (Å²) in [6.45, 7) is 4.12. The van der Waals surface area contributed by atoms with E-state index in [1.54, 1.807) is 14.2 Å². The van der Waals surface area contributed by atoms with Crippen LogP contribution in [0.1, 0.15) is 78.1 Å². The molecular weight excluding hydrogens is 240 g/mol. The highest BCUT2D eigenvalue weighted by Crippen LogP contribution is 2.22. The molecule has 1 N–H and O–H groups in total. The Hall–Kier alpha value is -0.120. The molecule has 116 valence electrons. The molecule has 1 atom stereocenters. The summed E-state index contributed by atoms with van der Waals surface area (Å²) in [5.41, 5.74) is -0.682. The van der Waals surface area contributed by atoms with Crippen molar-refractivity contribution in [2.24, 2.45) is 0 Å². The van der Waals surface area contributed by atoms with Gasteiger partial charge in [-0.2, -0.15) is 0 Å². The van der Waals surface area contributed by atoms with Gasteiger partial charge in [0.25, 0.3) is 0 Å². The average Bonchev–Trinajstić information content (AvgIpc) is 2.39. The van der Waals surface area contributed by atoms with Crippen molar-refractivity contribution in [3.05, 3.63) is 0 Å². The number of hydrogen-bond acceptors (Lipinski definition) is 3. The molecule has 0 aliphatic carbocycles. The molecule has 0 spiro atoms. The minimum atomic E-state index is -0.682. The van der Waals surface area contributed by atoms with Crippen LogP contribution in [-0.4, -0.2) is 31.2 Å². The van der Waals surface area contributed by atoms with E-state index in [-0.39, 0.29) is 6.29 Å². The Balaban J connectivity index is 3.52. The third-order valence-corrected chi connectivity index (χ3v) is 3.70. The lowest BCUT2D eigenvalue weighted by Crippen LogP contribution is -2.31. The van der Waals surface area contributed by atoms with Gasteiger partial charge in [0.05, 0.1) is 5.60 Å². The summed E-state index contributed by atoms with van der Waals surface area (Å²) in [6, 6.07) is 0. The van der Waals surface area contributed by atoms with Crippen LogP contribution in [-0.2, 0) is 9.47 Å². The first-order chi connectivity index (χ1) is 9.05. The van der Waals surface area contributed by atoms with E-state index >= 15 is 0 Å². The average molecular weight is 274 g/mol. The number of aliphatic hydroxyl groups is 1. The fraction of sp³-hybridized carbons (Fsp3) is 1.00. The maximum Gasteiger partial charge on any atom is 0.159 e. The van der Waals surface area contributed by atoms with Crippen LogP contribution in [0.4, 0.5) is 0 Å². The van der Waals surface area contributed by atoms with Gasteiger partial charge in [0, 0.05) is 20.6 Å². The van der Waals surface area contributed by atoms with Gasteiger partial charge < -0.3 is 14.6 Å². The van der Waals surface area contributed by atoms with Crippen molar-refractivity contribution in [3.8, 4) is 0 Å². The van der Waals surface area contributed by atoms with E-state index in [1.807, 2.05) is 6.92 Å². The highest BCUT2D eigenvalue weighted by molar-refractivity contribution is 4.74. The second-order valence-corrected chi connectivity index (χ2v) is 5.83. The maximum absolute atomic E-state index is 10.3. The van der Waals surface area contributed by atoms with Crippen molar-refractivity contribution in [1.29, 1.82) is 0 Å². The third kappa shape index (κ3) is 11.4. The van der Waals surface area contributed by atoms with E-state index in [1.165, 1.54) is 44.9 Å². The number of rotatable bonds is 13. The highest BCUT2D eigenvalue weighted by atomic mass is 16.7. The molecule has 0 aliphatic heterocycles. The molecule has 0 saturated heterocycles. The van der Waals surface area contributed by atoms with Crippen molar-refractivity contribution in [1.82, 2.24) is 0 Å². The number of ether oxygens (including phenoxy) is 2. The van der Waals surface area contributed by atoms with Crippen LogP contribution in [0.15, 0.2) is 0 Å². The van der Waals surface area contributed by atoms with Crippen LogP contribution >= 0.6 is 0 Å². The summed E-state index contributed by atoms with van der Waals surface area (Å²) >= 11 is 0. The monoisotopic (exact) mass is 274 g/mol. The van der Waals surface area contributed by atoms with Gasteiger partial charge in [0.15, 0.2) is 6.29 Å². The molecule has 19 heavy (non-hydrogen) atoms. The fourth-order valence-corrected chi connectivity index (χ4v) is 2.36. The summed E-state index contributed by atoms with van der Waals surface area (Å²) in [5.74, 6) is 0. The predicted octanol–water partition coefficient (Wildman–Crippen LogP) is 4.28. The molecule has 0 aliphatic rings. The van der Waals surface area contributed by atoms with Gasteiger partial charge in [-0.25, -0.2) is 0 Å². The Morgan fingerprint density at radius 3 is 1.84 bits per heavy atom. The lowest BCUT2D eigenvalue weighted by atomic mass is 9.94. The van der Waals surface area contributed by atoms with Crippen LogP contribution in [0.5, 0.6) is 0 Å². The molecule has 0 aromatic heterocycles. The van der Waals surface area contributed by atoms with Gasteiger partial charge in [-0.1, -0.05) is 58.3 Å². The van der Waals surface area contributed by atoms with Gasteiger partial charge in [0.1, 0.15) is 0 Å². The van der Waals surface area contributed by atoms with Gasteiger partial charge >= 0.3 is 0 Å². The van der Waals surface area contributed by atoms with Gasteiger partial charge in [-0.05, 0) is 13.3 Å². The van der Waals surface area contributed by atoms with E-state index in [2.05, 4.69) is 6.92 Å². The minimum absolute atomic E-state index is 0.302. The quantitative estimate of drug-likeness (QED) is 0.402. The Bertz CT molecular complexity index is 188. The van der Waals surface area contributed by atoms with Crippen molar-refractivity contribution in [2.45, 2.75) is 89.9 Å². The Morgan fingerprint density at radius 1 is 0.895 bits per heavy atom. The van der Waals surface area contributed by atoms with Gasteiger partial charge in [-0.15, -0.1) is 0 Å². The van der Waals surface area contributed by atoms with E-state index in [4.69, 9.17) is 9.47 Å². The highest BCUT2D eigenvalue weighted by Gasteiger charge is 2.24. The summed E-state index contributed by atoms with van der Waals surface area (Å²) < 4.78 is 10.3. The van der Waals surface area contributed by atoms with Crippen LogP contribution in [0, 0.1) is 0 Å². The fourth-order valence-electron chi connectivity index (χ4n) is 2.36. The second-order valence-electron chi connectivity index (χ2n) is 5.83. The van der Waals surface area contributed by atoms with E-state index in [0.29, 0.717) is 6.42 Å². The van der Waals surface area contributed by atoms with Crippen LogP contribution < -0.4 is 0 Å². The van der Waals surface area contributed by atoms with Crippen molar-refractivity contribution < 1.29 is 14.6 Å². The summed E-state index contributed by atoms with van der Waals surface area (Å²) in [4.78, 5) is 0. The molecular formula is C16H34O3. The predicted molar refractivity (Wildman–Crippen MR) is 80.3 cm³/mol. The standard InChI is InChI=1S/C16H34O3/c1-5-6-7-8-9-10-11-12-13-16(2,17)14-15(18-3)19-4/h15,17H,5-14H2,1-4H3. The van der Waals surface area contributed by atoms with Crippen molar-refractivity contribution in [2.75, 3.05) is 14.2 Å². The zero-order chi connectivity index (χ0) is 14.6. The Kier molecular flexibility index (Phi) is 11.6. The molecule has 3 nitrogen and oxygen atoms in total. The first-order valence-electron chi connectivity index (χ1n) is 7.83. The van der Waals surface area contributed by atoms with Crippen LogP contribution in [0.25, 0.3) is 0 Å². The first kappa shape index (κ1) is 18.9. The van der Waals surface area contributed by atoms with Crippen LogP contribution in [0.2, 0.25) is 0 Å². The Labute approximate surface area is 119 Å². The largest absolute Gasteiger partial charge is 0.390 e. The molecule has 0 bridgehead atoms. The molecule has 3 heteroatoms. The topological polar surface area (TPSA) is 38.7 Å². The van der Waals surface area contributed by atoms with E-state index in [0.717, 1.165) is 12.8 Å². The lowest BCUT2D eigenvalue weighted by molar-refractivity contribution is -0.141. The molecule has 0 rings (SSSR count). The smallest absolute Gasteiger partial charge is 0.159 e. The molecule has 0 aromatic rings. The van der Waals surface area contributed by atoms with E-state index < -0.39 is 5.60 Å². The van der Waals surface area contributed by atoms with E-state index in [9.17, 15) is 5.11 Å². The van der Waals surface area contributed by atoms with Crippen LogP contribution in [0.3, 0.4) is 0 Å². The number of methoxy groups -OCH3 is 2. The molecule has 0 saturated carbocycles. The summed E-state index contributed by atoms with van der Waals surface area (Å²) in [7, 11) is 3.22. The lowest BCUT2D eigenvalue weighted by Gasteiger charge is -2.27. The van der Waals surface area contributed by atoms with Crippen molar-refractivity contribution >= 4 is 0 Å². The van der Waals surface area contributed by atoms with Crippen molar-refractivity contribution in [3.63, 3.8) is 0 Å². The number of unbranched alkanes of at least 4 members (excludes halogenated alkanes) is 7. The van der Waals surface area contributed by atoms with Gasteiger partial charge in [-0.3, -0.25) is 0 Å². The molecule has 0 aromatic carbocycles. The van der Waals surface area contributed by atoms with Gasteiger partial charge in [0.2, 0.25) is 0 Å². The molecule has 0 fully saturated rings. The second kappa shape index (κ2) is 11.7. The minimum Gasteiger partial charge on any atom is -0.390 e. The molecule has 0 radical (unpaired) electrons. The first-order valence-corrected chi connectivity index (χ1v) is 7.83. The Morgan fingerprint density at radius 2 is 1.37 bits per heavy atom. The molecule has 0 amide bonds. The summed E-state index contributed by atoms with van der Waals surface area (Å²) in [6.07, 6.45) is 11.4. The molecule has 0 heterocycles.